The van der Waals surface area contributed by atoms with Crippen LogP contribution in [0.15, 0.2) is 12.2 Å². The summed E-state index contributed by atoms with van der Waals surface area (Å²) >= 11 is 0. The van der Waals surface area contributed by atoms with Crippen molar-refractivity contribution in [3.05, 3.63) is 12.2 Å². The van der Waals surface area contributed by atoms with Crippen molar-refractivity contribution in [2.45, 2.75) is 104 Å². The number of esters is 1. The Bertz CT molecular complexity index is 1030. The minimum atomic E-state index is -0.870. The van der Waals surface area contributed by atoms with E-state index in [2.05, 4.69) is 5.32 Å². The number of ether oxygens (including phenoxy) is 2. The zero-order valence-corrected chi connectivity index (χ0v) is 28.3. The van der Waals surface area contributed by atoms with Crippen LogP contribution in [0.1, 0.15) is 80.1 Å². The Morgan fingerprint density at radius 1 is 0.886 bits per heavy atom. The molecule has 0 spiro atoms. The van der Waals surface area contributed by atoms with Crippen molar-refractivity contribution in [2.24, 2.45) is 17.8 Å². The topological polar surface area (TPSA) is 143 Å². The molecule has 0 aromatic heterocycles. The van der Waals surface area contributed by atoms with Gasteiger partial charge in [0.15, 0.2) is 0 Å². The van der Waals surface area contributed by atoms with Crippen molar-refractivity contribution in [1.29, 1.82) is 0 Å². The maximum absolute atomic E-state index is 13.9. The Labute approximate surface area is 262 Å². The lowest BCUT2D eigenvalue weighted by Gasteiger charge is -2.40. The summed E-state index contributed by atoms with van der Waals surface area (Å²) in [6.07, 6.45) is 4.58. The zero-order chi connectivity index (χ0) is 33.7. The van der Waals surface area contributed by atoms with E-state index in [1.165, 1.54) is 36.2 Å². The summed E-state index contributed by atoms with van der Waals surface area (Å²) in [6, 6.07) is -2.12. The molecule has 1 aliphatic rings. The molecule has 1 N–H and O–H groups in total. The van der Waals surface area contributed by atoms with Crippen LogP contribution in [0.4, 0.5) is 0 Å². The maximum Gasteiger partial charge on any atom is 0.308 e. The molecule has 5 amide bonds. The Hall–Kier alpha value is -3.28. The zero-order valence-electron chi connectivity index (χ0n) is 28.3. The van der Waals surface area contributed by atoms with Crippen molar-refractivity contribution in [3.8, 4) is 0 Å². The van der Waals surface area contributed by atoms with Crippen molar-refractivity contribution in [2.75, 3.05) is 34.9 Å². The van der Waals surface area contributed by atoms with Crippen molar-refractivity contribution in [1.82, 2.24) is 20.0 Å². The lowest BCUT2D eigenvalue weighted by molar-refractivity contribution is -0.150. The van der Waals surface area contributed by atoms with E-state index in [1.54, 1.807) is 19.0 Å². The summed E-state index contributed by atoms with van der Waals surface area (Å²) in [5, 5.41) is 2.92. The highest BCUT2D eigenvalue weighted by atomic mass is 16.5. The average Bonchev–Trinajstić information content (AvgIpc) is 3.30. The Morgan fingerprint density at radius 2 is 1.48 bits per heavy atom. The van der Waals surface area contributed by atoms with Crippen molar-refractivity contribution in [3.63, 3.8) is 0 Å². The van der Waals surface area contributed by atoms with Crippen LogP contribution in [0.2, 0.25) is 0 Å². The van der Waals surface area contributed by atoms with Gasteiger partial charge in [-0.25, -0.2) is 0 Å². The van der Waals surface area contributed by atoms with Gasteiger partial charge < -0.3 is 24.6 Å². The van der Waals surface area contributed by atoms with E-state index < -0.39 is 36.1 Å². The Morgan fingerprint density at radius 3 is 1.95 bits per heavy atom. The van der Waals surface area contributed by atoms with E-state index in [-0.39, 0.29) is 54.2 Å². The number of methoxy groups -OCH3 is 2. The second-order valence-corrected chi connectivity index (χ2v) is 12.3. The number of carbonyl (C=O) groups is 6. The number of nitrogens with zero attached hydrogens (tertiary/aromatic N) is 3. The van der Waals surface area contributed by atoms with Gasteiger partial charge in [-0.15, -0.1) is 0 Å². The van der Waals surface area contributed by atoms with E-state index in [4.69, 9.17) is 9.47 Å². The second kappa shape index (κ2) is 18.5. The van der Waals surface area contributed by atoms with Gasteiger partial charge in [0.1, 0.15) is 12.1 Å². The molecule has 44 heavy (non-hydrogen) atoms. The van der Waals surface area contributed by atoms with Gasteiger partial charge in [-0.2, -0.15) is 0 Å². The molecule has 0 fully saturated rings. The number of imide groups is 1. The number of hydrogen-bond acceptors (Lipinski definition) is 8. The van der Waals surface area contributed by atoms with Crippen LogP contribution in [-0.4, -0.2) is 109 Å². The fourth-order valence-corrected chi connectivity index (χ4v) is 5.58. The van der Waals surface area contributed by atoms with Crippen LogP contribution in [0.3, 0.4) is 0 Å². The molecule has 0 aromatic rings. The van der Waals surface area contributed by atoms with Crippen LogP contribution in [0, 0.1) is 17.8 Å². The quantitative estimate of drug-likeness (QED) is 0.132. The normalized spacial score (nSPS) is 16.5. The summed E-state index contributed by atoms with van der Waals surface area (Å²) in [5.74, 6) is -2.53. The van der Waals surface area contributed by atoms with Gasteiger partial charge in [-0.3, -0.25) is 33.7 Å². The number of carbonyl (C=O) groups excluding carboxylic acids is 6. The molecule has 1 rings (SSSR count). The number of likely N-dealkylation sites (N-methyl/N-ethyl adjacent to an activating group) is 2. The number of rotatable bonds is 19. The molecule has 0 aliphatic carbocycles. The summed E-state index contributed by atoms with van der Waals surface area (Å²) in [6.45, 7) is 11.7. The van der Waals surface area contributed by atoms with Crippen LogP contribution in [0.5, 0.6) is 0 Å². The monoisotopic (exact) mass is 622 g/mol. The lowest BCUT2D eigenvalue weighted by Crippen LogP contribution is -2.60. The van der Waals surface area contributed by atoms with Crippen molar-refractivity contribution < 1.29 is 38.2 Å². The first-order chi connectivity index (χ1) is 20.6. The molecule has 12 heteroatoms. The molecule has 1 aliphatic heterocycles. The van der Waals surface area contributed by atoms with E-state index >= 15 is 0 Å². The molecule has 0 saturated carbocycles. The fourth-order valence-electron chi connectivity index (χ4n) is 5.58. The molecule has 0 unspecified atom stereocenters. The molecule has 5 atom stereocenters. The van der Waals surface area contributed by atoms with Gasteiger partial charge in [-0.05, 0) is 30.6 Å². The van der Waals surface area contributed by atoms with Crippen LogP contribution < -0.4 is 5.32 Å². The molecular weight excluding hydrogens is 568 g/mol. The average molecular weight is 623 g/mol. The standard InChI is InChI=1S/C32H54N4O8/c1-11-22(6)30(23(43-9)19-27(40)44-10)35(8)32(42)28(20(2)3)33-31(41)29(21(4)5)34(7)24(37)15-13-12-14-18-36-25(38)16-17-26(36)39/h16-17,20-23,28-30H,11-15,18-19H2,1-10H3,(H,33,41)/t22-,23+,28-,29-,30-/m0/s1. The number of amides is 5. The van der Waals surface area contributed by atoms with E-state index in [9.17, 15) is 28.8 Å². The maximum atomic E-state index is 13.9. The van der Waals surface area contributed by atoms with Gasteiger partial charge >= 0.3 is 5.97 Å². The first kappa shape index (κ1) is 38.7. The van der Waals surface area contributed by atoms with Gasteiger partial charge in [0, 0.05) is 46.3 Å². The van der Waals surface area contributed by atoms with Gasteiger partial charge in [0.05, 0.1) is 25.7 Å². The highest BCUT2D eigenvalue weighted by Gasteiger charge is 2.39. The first-order valence-corrected chi connectivity index (χ1v) is 15.6. The molecule has 0 aromatic carbocycles. The third-order valence-corrected chi connectivity index (χ3v) is 8.42. The largest absolute Gasteiger partial charge is 0.469 e. The summed E-state index contributed by atoms with van der Waals surface area (Å²) < 4.78 is 10.5. The van der Waals surface area contributed by atoms with Gasteiger partial charge in [0.25, 0.3) is 11.8 Å². The van der Waals surface area contributed by atoms with Crippen molar-refractivity contribution >= 4 is 35.5 Å². The summed E-state index contributed by atoms with van der Waals surface area (Å²) in [4.78, 5) is 80.3. The highest BCUT2D eigenvalue weighted by Crippen LogP contribution is 2.24. The Balaban J connectivity index is 2.95. The lowest BCUT2D eigenvalue weighted by atomic mass is 9.90. The molecule has 0 radical (unpaired) electrons. The van der Waals surface area contributed by atoms with E-state index in [1.807, 2.05) is 41.5 Å². The first-order valence-electron chi connectivity index (χ1n) is 15.6. The Kier molecular flexibility index (Phi) is 16.3. The molecule has 250 valence electrons. The summed E-state index contributed by atoms with van der Waals surface area (Å²) in [5.41, 5.74) is 0. The minimum Gasteiger partial charge on any atom is -0.469 e. The van der Waals surface area contributed by atoms with E-state index in [0.29, 0.717) is 25.8 Å². The molecule has 0 saturated heterocycles. The third kappa shape index (κ3) is 10.7. The summed E-state index contributed by atoms with van der Waals surface area (Å²) in [7, 11) is 6.05. The molecule has 1 heterocycles. The predicted molar refractivity (Wildman–Crippen MR) is 166 cm³/mol. The molecular formula is C32H54N4O8. The SMILES string of the molecule is CC[C@H](C)[C@@H]([C@@H](CC(=O)OC)OC)N(C)C(=O)[C@@H](NC(=O)[C@H](C(C)C)N(C)C(=O)CCCCCN1C(=O)C=CC1=O)C(C)C. The third-order valence-electron chi connectivity index (χ3n) is 8.42. The molecule has 0 bridgehead atoms. The smallest absolute Gasteiger partial charge is 0.308 e. The van der Waals surface area contributed by atoms with Crippen LogP contribution in [0.25, 0.3) is 0 Å². The number of unbranched alkanes of at least 4 members (excludes halogenated alkanes) is 2. The van der Waals surface area contributed by atoms with E-state index in [0.717, 1.165) is 6.42 Å². The van der Waals surface area contributed by atoms with Gasteiger partial charge in [-0.1, -0.05) is 54.4 Å². The highest BCUT2D eigenvalue weighted by molar-refractivity contribution is 6.12. The predicted octanol–water partition coefficient (Wildman–Crippen LogP) is 2.55. The molecule has 12 nitrogen and oxygen atoms in total. The minimum absolute atomic E-state index is 0.0118. The van der Waals surface area contributed by atoms with Crippen LogP contribution in [-0.2, 0) is 38.2 Å². The van der Waals surface area contributed by atoms with Gasteiger partial charge in [0.2, 0.25) is 17.7 Å². The van der Waals surface area contributed by atoms with Crippen LogP contribution >= 0.6 is 0 Å². The second-order valence-electron chi connectivity index (χ2n) is 12.3. The number of hydrogen-bond donors (Lipinski definition) is 1. The number of nitrogens with one attached hydrogen (secondary N) is 1. The fraction of sp³-hybridized carbons (Fsp3) is 0.750.